The van der Waals surface area contributed by atoms with Crippen molar-refractivity contribution in [2.24, 2.45) is 11.8 Å². The summed E-state index contributed by atoms with van der Waals surface area (Å²) in [5.74, 6) is -0.262. The number of alkyl carbamates (subject to hydrolysis) is 1. The molecule has 0 aliphatic heterocycles. The summed E-state index contributed by atoms with van der Waals surface area (Å²) in [6.07, 6.45) is 3.51. The molecule has 0 bridgehead atoms. The van der Waals surface area contributed by atoms with Crippen LogP contribution in [0, 0.1) is 11.8 Å². The first-order valence-electron chi connectivity index (χ1n) is 6.96. The summed E-state index contributed by atoms with van der Waals surface area (Å²) in [5.41, 5.74) is -1.15. The molecular weight excluding hydrogens is 246 g/mol. The minimum Gasteiger partial charge on any atom is -0.481 e. The first-order valence-corrected chi connectivity index (χ1v) is 6.96. The number of hydrogen-bond donors (Lipinski definition) is 2. The normalized spacial score (nSPS) is 19.9. The number of amides is 1. The Morgan fingerprint density at radius 3 is 1.95 bits per heavy atom. The molecule has 2 rings (SSSR count). The zero-order valence-electron chi connectivity index (χ0n) is 11.9. The standard InChI is InChI=1S/C14H23NO4/c1-13(2,3)19-12(18)15-14(8-11(16)17,9-4-5-9)10-6-7-10/h9-10H,4-8H2,1-3H3,(H,15,18)(H,16,17). The van der Waals surface area contributed by atoms with E-state index in [-0.39, 0.29) is 6.42 Å². The first-order chi connectivity index (χ1) is 8.73. The van der Waals surface area contributed by atoms with Crippen molar-refractivity contribution in [3.8, 4) is 0 Å². The van der Waals surface area contributed by atoms with Crippen LogP contribution in [0.4, 0.5) is 4.79 Å². The third-order valence-corrected chi connectivity index (χ3v) is 3.79. The van der Waals surface area contributed by atoms with E-state index in [0.29, 0.717) is 11.8 Å². The highest BCUT2D eigenvalue weighted by Gasteiger charge is 2.56. The summed E-state index contributed by atoms with van der Waals surface area (Å²) in [5, 5.41) is 12.1. The highest BCUT2D eigenvalue weighted by Crippen LogP contribution is 2.53. The summed E-state index contributed by atoms with van der Waals surface area (Å²) in [7, 11) is 0. The molecular formula is C14H23NO4. The van der Waals surface area contributed by atoms with Crippen LogP contribution in [0.2, 0.25) is 0 Å². The minimum absolute atomic E-state index is 0.00156. The zero-order valence-corrected chi connectivity index (χ0v) is 11.9. The summed E-state index contributed by atoms with van der Waals surface area (Å²) >= 11 is 0. The lowest BCUT2D eigenvalue weighted by atomic mass is 9.84. The molecule has 0 aromatic rings. The molecule has 0 unspecified atom stereocenters. The van der Waals surface area contributed by atoms with Crippen LogP contribution in [-0.2, 0) is 9.53 Å². The van der Waals surface area contributed by atoms with Crippen LogP contribution >= 0.6 is 0 Å². The van der Waals surface area contributed by atoms with Crippen molar-refractivity contribution in [1.29, 1.82) is 0 Å². The molecule has 0 radical (unpaired) electrons. The van der Waals surface area contributed by atoms with Gasteiger partial charge in [0.2, 0.25) is 0 Å². The number of nitrogens with one attached hydrogen (secondary N) is 1. The van der Waals surface area contributed by atoms with Crippen molar-refractivity contribution in [3.05, 3.63) is 0 Å². The number of carboxylic acids is 1. The Kier molecular flexibility index (Phi) is 3.49. The zero-order chi connectivity index (χ0) is 14.3. The quantitative estimate of drug-likeness (QED) is 0.804. The van der Waals surface area contributed by atoms with Gasteiger partial charge in [-0.05, 0) is 58.3 Å². The summed E-state index contributed by atoms with van der Waals surface area (Å²) < 4.78 is 5.29. The van der Waals surface area contributed by atoms with Gasteiger partial charge in [0, 0.05) is 0 Å². The van der Waals surface area contributed by atoms with Crippen LogP contribution in [0.15, 0.2) is 0 Å². The van der Waals surface area contributed by atoms with Crippen molar-refractivity contribution < 1.29 is 19.4 Å². The van der Waals surface area contributed by atoms with Crippen molar-refractivity contribution in [2.45, 2.75) is 64.0 Å². The molecule has 2 N–H and O–H groups in total. The fourth-order valence-corrected chi connectivity index (χ4v) is 2.81. The Labute approximate surface area is 113 Å². The van der Waals surface area contributed by atoms with E-state index in [1.54, 1.807) is 20.8 Å². The lowest BCUT2D eigenvalue weighted by molar-refractivity contribution is -0.139. The molecule has 0 aromatic carbocycles. The number of rotatable bonds is 5. The lowest BCUT2D eigenvalue weighted by Crippen LogP contribution is -2.54. The van der Waals surface area contributed by atoms with Gasteiger partial charge in [0.1, 0.15) is 5.60 Å². The Hall–Kier alpha value is -1.26. The monoisotopic (exact) mass is 269 g/mol. The fraction of sp³-hybridized carbons (Fsp3) is 0.857. The average Bonchev–Trinajstić information content (AvgIpc) is 3.07. The fourth-order valence-electron chi connectivity index (χ4n) is 2.81. The van der Waals surface area contributed by atoms with E-state index in [0.717, 1.165) is 25.7 Å². The number of carbonyl (C=O) groups is 2. The van der Waals surface area contributed by atoms with Gasteiger partial charge in [0.05, 0.1) is 12.0 Å². The molecule has 0 spiro atoms. The van der Waals surface area contributed by atoms with E-state index in [1.807, 2.05) is 0 Å². The Balaban J connectivity index is 2.09. The number of carbonyl (C=O) groups excluding carboxylic acids is 1. The molecule has 0 aromatic heterocycles. The van der Waals surface area contributed by atoms with E-state index in [1.165, 1.54) is 0 Å². The molecule has 0 heterocycles. The second-order valence-corrected chi connectivity index (χ2v) is 6.79. The molecule has 19 heavy (non-hydrogen) atoms. The topological polar surface area (TPSA) is 75.6 Å². The molecule has 5 heteroatoms. The van der Waals surface area contributed by atoms with Gasteiger partial charge in [-0.15, -0.1) is 0 Å². The molecule has 2 fully saturated rings. The summed E-state index contributed by atoms with van der Waals surface area (Å²) in [6.45, 7) is 5.42. The smallest absolute Gasteiger partial charge is 0.408 e. The van der Waals surface area contributed by atoms with Gasteiger partial charge in [-0.25, -0.2) is 4.79 Å². The summed E-state index contributed by atoms with van der Waals surface area (Å²) in [4.78, 5) is 23.1. The number of ether oxygens (including phenoxy) is 1. The van der Waals surface area contributed by atoms with Gasteiger partial charge in [-0.2, -0.15) is 0 Å². The first kappa shape index (κ1) is 14.2. The number of aliphatic carboxylic acids is 1. The maximum Gasteiger partial charge on any atom is 0.408 e. The molecule has 5 nitrogen and oxygen atoms in total. The van der Waals surface area contributed by atoms with Gasteiger partial charge in [-0.1, -0.05) is 0 Å². The lowest BCUT2D eigenvalue weighted by Gasteiger charge is -2.35. The third-order valence-electron chi connectivity index (χ3n) is 3.79. The molecule has 2 aliphatic carbocycles. The van der Waals surface area contributed by atoms with E-state index in [9.17, 15) is 9.59 Å². The third kappa shape index (κ3) is 3.61. The molecule has 0 atom stereocenters. The predicted octanol–water partition coefficient (Wildman–Crippen LogP) is 2.54. The van der Waals surface area contributed by atoms with Crippen LogP contribution in [0.25, 0.3) is 0 Å². The SMILES string of the molecule is CC(C)(C)OC(=O)NC(CC(=O)O)(C1CC1)C1CC1. The molecule has 0 saturated heterocycles. The van der Waals surface area contributed by atoms with Crippen LogP contribution in [0.5, 0.6) is 0 Å². The molecule has 2 saturated carbocycles. The van der Waals surface area contributed by atoms with Crippen molar-refractivity contribution in [2.75, 3.05) is 0 Å². The number of hydrogen-bond acceptors (Lipinski definition) is 3. The van der Waals surface area contributed by atoms with Crippen LogP contribution in [0.1, 0.15) is 52.9 Å². The Morgan fingerprint density at radius 1 is 1.16 bits per heavy atom. The van der Waals surface area contributed by atoms with Crippen LogP contribution < -0.4 is 5.32 Å². The molecule has 108 valence electrons. The molecule has 2 aliphatic rings. The van der Waals surface area contributed by atoms with Crippen molar-refractivity contribution in [1.82, 2.24) is 5.32 Å². The summed E-state index contributed by atoms with van der Waals surface area (Å²) in [6, 6.07) is 0. The van der Waals surface area contributed by atoms with Gasteiger partial charge < -0.3 is 15.2 Å². The largest absolute Gasteiger partial charge is 0.481 e. The van der Waals surface area contributed by atoms with Gasteiger partial charge in [0.15, 0.2) is 0 Å². The maximum absolute atomic E-state index is 12.0. The predicted molar refractivity (Wildman–Crippen MR) is 69.8 cm³/mol. The van der Waals surface area contributed by atoms with Gasteiger partial charge in [-0.3, -0.25) is 4.79 Å². The van der Waals surface area contributed by atoms with E-state index >= 15 is 0 Å². The number of carboxylic acid groups (broad SMARTS) is 1. The van der Waals surface area contributed by atoms with E-state index in [2.05, 4.69) is 5.32 Å². The molecule has 1 amide bonds. The Morgan fingerprint density at radius 2 is 1.63 bits per heavy atom. The average molecular weight is 269 g/mol. The Bertz CT molecular complexity index is 365. The second kappa shape index (κ2) is 4.69. The van der Waals surface area contributed by atoms with Gasteiger partial charge in [0.25, 0.3) is 0 Å². The highest BCUT2D eigenvalue weighted by atomic mass is 16.6. The second-order valence-electron chi connectivity index (χ2n) is 6.79. The van der Waals surface area contributed by atoms with E-state index < -0.39 is 23.2 Å². The van der Waals surface area contributed by atoms with Crippen molar-refractivity contribution >= 4 is 12.1 Å². The van der Waals surface area contributed by atoms with Crippen LogP contribution in [0.3, 0.4) is 0 Å². The van der Waals surface area contributed by atoms with E-state index in [4.69, 9.17) is 9.84 Å². The minimum atomic E-state index is -0.852. The van der Waals surface area contributed by atoms with Crippen molar-refractivity contribution in [3.63, 3.8) is 0 Å². The maximum atomic E-state index is 12.0. The van der Waals surface area contributed by atoms with Gasteiger partial charge >= 0.3 is 12.1 Å². The van der Waals surface area contributed by atoms with Crippen LogP contribution in [-0.4, -0.2) is 28.3 Å². The highest BCUT2D eigenvalue weighted by molar-refractivity contribution is 5.73.